The minimum Gasteiger partial charge on any atom is -0.392 e. The van der Waals surface area contributed by atoms with E-state index < -0.39 is 0 Å². The molecule has 0 bridgehead atoms. The summed E-state index contributed by atoms with van der Waals surface area (Å²) in [4.78, 5) is 13.4. The first-order chi connectivity index (χ1) is 9.10. The lowest BCUT2D eigenvalue weighted by Crippen LogP contribution is -2.44. The monoisotopic (exact) mass is 262 g/mol. The second kappa shape index (κ2) is 6.06. The van der Waals surface area contributed by atoms with Crippen LogP contribution < -0.4 is 10.2 Å². The molecule has 0 spiro atoms. The summed E-state index contributed by atoms with van der Waals surface area (Å²) in [5, 5.41) is 12.1. The van der Waals surface area contributed by atoms with E-state index in [0.717, 1.165) is 31.5 Å². The summed E-state index contributed by atoms with van der Waals surface area (Å²) < 4.78 is 0. The fourth-order valence-corrected chi connectivity index (χ4v) is 2.72. The van der Waals surface area contributed by atoms with Gasteiger partial charge in [0, 0.05) is 31.7 Å². The van der Waals surface area contributed by atoms with Crippen molar-refractivity contribution >= 4 is 11.6 Å². The Bertz CT molecular complexity index is 451. The Kier molecular flexibility index (Phi) is 4.43. The number of aryl methyl sites for hydroxylation is 1. The molecule has 0 aromatic heterocycles. The highest BCUT2D eigenvalue weighted by Gasteiger charge is 2.20. The highest BCUT2D eigenvalue weighted by atomic mass is 16.3. The van der Waals surface area contributed by atoms with Crippen LogP contribution in [-0.2, 0) is 11.4 Å². The average molecular weight is 262 g/mol. The molecule has 0 unspecified atom stereocenters. The molecule has 1 aromatic rings. The van der Waals surface area contributed by atoms with Gasteiger partial charge in [0.2, 0.25) is 5.91 Å². The Morgan fingerprint density at radius 1 is 1.42 bits per heavy atom. The maximum Gasteiger partial charge on any atom is 0.217 e. The Morgan fingerprint density at radius 3 is 2.63 bits per heavy atom. The largest absolute Gasteiger partial charge is 0.392 e. The minimum atomic E-state index is 0.0573. The molecular formula is C15H22N2O2. The summed E-state index contributed by atoms with van der Waals surface area (Å²) in [7, 11) is 0. The van der Waals surface area contributed by atoms with Crippen LogP contribution in [0.5, 0.6) is 0 Å². The average Bonchev–Trinajstić information content (AvgIpc) is 2.39. The molecule has 1 amide bonds. The highest BCUT2D eigenvalue weighted by molar-refractivity contribution is 5.73. The number of aliphatic hydroxyl groups excluding tert-OH is 1. The Morgan fingerprint density at radius 2 is 2.11 bits per heavy atom. The van der Waals surface area contributed by atoms with Crippen LogP contribution >= 0.6 is 0 Å². The topological polar surface area (TPSA) is 52.6 Å². The Hall–Kier alpha value is -1.55. The maximum absolute atomic E-state index is 11.0. The molecule has 4 nitrogen and oxygen atoms in total. The minimum absolute atomic E-state index is 0.0573. The third kappa shape index (κ3) is 3.47. The van der Waals surface area contributed by atoms with Crippen LogP contribution in [0.2, 0.25) is 0 Å². The van der Waals surface area contributed by atoms with E-state index in [-0.39, 0.29) is 12.5 Å². The van der Waals surface area contributed by atoms with Crippen LogP contribution in [0.3, 0.4) is 0 Å². The summed E-state index contributed by atoms with van der Waals surface area (Å²) in [6.07, 6.45) is 1.97. The van der Waals surface area contributed by atoms with Gasteiger partial charge >= 0.3 is 0 Å². The molecule has 1 saturated heterocycles. The number of aliphatic hydroxyl groups is 1. The van der Waals surface area contributed by atoms with Crippen molar-refractivity contribution in [1.82, 2.24) is 5.32 Å². The summed E-state index contributed by atoms with van der Waals surface area (Å²) in [6.45, 7) is 5.67. The maximum atomic E-state index is 11.0. The molecule has 0 aliphatic carbocycles. The SMILES string of the molecule is CC(=O)NC1CCN(c2ccc(CO)cc2C)CC1. The molecule has 2 rings (SSSR count). The van der Waals surface area contributed by atoms with Gasteiger partial charge in [-0.1, -0.05) is 12.1 Å². The number of anilines is 1. The van der Waals surface area contributed by atoms with Crippen molar-refractivity contribution in [2.45, 2.75) is 39.3 Å². The quantitative estimate of drug-likeness (QED) is 0.870. The van der Waals surface area contributed by atoms with Gasteiger partial charge in [0.25, 0.3) is 0 Å². The number of nitrogens with one attached hydrogen (secondary N) is 1. The highest BCUT2D eigenvalue weighted by Crippen LogP contribution is 2.24. The van der Waals surface area contributed by atoms with Gasteiger partial charge in [0.05, 0.1) is 6.61 Å². The number of nitrogens with zero attached hydrogens (tertiary/aromatic N) is 1. The van der Waals surface area contributed by atoms with Crippen molar-refractivity contribution in [3.63, 3.8) is 0 Å². The van der Waals surface area contributed by atoms with Gasteiger partial charge in [0.1, 0.15) is 0 Å². The van der Waals surface area contributed by atoms with Crippen LogP contribution in [-0.4, -0.2) is 30.1 Å². The summed E-state index contributed by atoms with van der Waals surface area (Å²) in [5.41, 5.74) is 3.39. The zero-order valence-electron chi connectivity index (χ0n) is 11.6. The van der Waals surface area contributed by atoms with Crippen LogP contribution in [0.1, 0.15) is 30.9 Å². The zero-order chi connectivity index (χ0) is 13.8. The molecule has 1 aliphatic heterocycles. The number of hydrogen-bond donors (Lipinski definition) is 2. The molecule has 1 aromatic carbocycles. The second-order valence-electron chi connectivity index (χ2n) is 5.24. The van der Waals surface area contributed by atoms with E-state index in [1.54, 1.807) is 6.92 Å². The summed E-state index contributed by atoms with van der Waals surface area (Å²) in [5.74, 6) is 0.0573. The predicted molar refractivity (Wildman–Crippen MR) is 76.2 cm³/mol. The number of carbonyl (C=O) groups is 1. The Balaban J connectivity index is 1.99. The van der Waals surface area contributed by atoms with Gasteiger partial charge in [-0.2, -0.15) is 0 Å². The van der Waals surface area contributed by atoms with E-state index in [2.05, 4.69) is 23.2 Å². The van der Waals surface area contributed by atoms with E-state index in [4.69, 9.17) is 5.11 Å². The van der Waals surface area contributed by atoms with Crippen molar-refractivity contribution in [3.05, 3.63) is 29.3 Å². The third-order valence-electron chi connectivity index (χ3n) is 3.69. The Labute approximate surface area is 114 Å². The lowest BCUT2D eigenvalue weighted by molar-refractivity contribution is -0.119. The fourth-order valence-electron chi connectivity index (χ4n) is 2.72. The van der Waals surface area contributed by atoms with Gasteiger partial charge in [-0.05, 0) is 37.0 Å². The second-order valence-corrected chi connectivity index (χ2v) is 5.24. The van der Waals surface area contributed by atoms with Gasteiger partial charge in [-0.3, -0.25) is 4.79 Å². The van der Waals surface area contributed by atoms with Gasteiger partial charge in [-0.25, -0.2) is 0 Å². The van der Waals surface area contributed by atoms with E-state index in [1.807, 2.05) is 12.1 Å². The van der Waals surface area contributed by atoms with E-state index in [1.165, 1.54) is 11.3 Å². The molecule has 4 heteroatoms. The molecule has 0 atom stereocenters. The first-order valence-electron chi connectivity index (χ1n) is 6.82. The van der Waals surface area contributed by atoms with Crippen molar-refractivity contribution in [2.75, 3.05) is 18.0 Å². The number of hydrogen-bond acceptors (Lipinski definition) is 3. The lowest BCUT2D eigenvalue weighted by Gasteiger charge is -2.34. The van der Waals surface area contributed by atoms with Gasteiger partial charge in [0.15, 0.2) is 0 Å². The number of piperidine rings is 1. The van der Waals surface area contributed by atoms with Gasteiger partial charge < -0.3 is 15.3 Å². The molecule has 104 valence electrons. The fraction of sp³-hybridized carbons (Fsp3) is 0.533. The van der Waals surface area contributed by atoms with Crippen molar-refractivity contribution in [1.29, 1.82) is 0 Å². The number of rotatable bonds is 3. The zero-order valence-corrected chi connectivity index (χ0v) is 11.6. The van der Waals surface area contributed by atoms with Crippen LogP contribution in [0.25, 0.3) is 0 Å². The van der Waals surface area contributed by atoms with Crippen LogP contribution in [0.15, 0.2) is 18.2 Å². The molecule has 1 heterocycles. The van der Waals surface area contributed by atoms with Crippen molar-refractivity contribution in [3.8, 4) is 0 Å². The first kappa shape index (κ1) is 13.9. The lowest BCUT2D eigenvalue weighted by atomic mass is 10.0. The summed E-state index contributed by atoms with van der Waals surface area (Å²) in [6, 6.07) is 6.41. The van der Waals surface area contributed by atoms with E-state index in [9.17, 15) is 4.79 Å². The molecule has 0 radical (unpaired) electrons. The number of benzene rings is 1. The number of amides is 1. The van der Waals surface area contributed by atoms with Crippen molar-refractivity contribution < 1.29 is 9.90 Å². The molecule has 19 heavy (non-hydrogen) atoms. The molecule has 0 saturated carbocycles. The normalized spacial score (nSPS) is 16.5. The number of carbonyl (C=O) groups excluding carboxylic acids is 1. The van der Waals surface area contributed by atoms with Crippen molar-refractivity contribution in [2.24, 2.45) is 0 Å². The van der Waals surface area contributed by atoms with Crippen LogP contribution in [0, 0.1) is 6.92 Å². The molecule has 1 fully saturated rings. The third-order valence-corrected chi connectivity index (χ3v) is 3.69. The van der Waals surface area contributed by atoms with E-state index in [0.29, 0.717) is 6.04 Å². The van der Waals surface area contributed by atoms with Crippen LogP contribution in [0.4, 0.5) is 5.69 Å². The van der Waals surface area contributed by atoms with Gasteiger partial charge in [-0.15, -0.1) is 0 Å². The molecule has 1 aliphatic rings. The first-order valence-corrected chi connectivity index (χ1v) is 6.82. The predicted octanol–water partition coefficient (Wildman–Crippen LogP) is 1.59. The smallest absolute Gasteiger partial charge is 0.217 e. The molecular weight excluding hydrogens is 240 g/mol. The summed E-state index contributed by atoms with van der Waals surface area (Å²) >= 11 is 0. The molecule has 2 N–H and O–H groups in total. The van der Waals surface area contributed by atoms with E-state index >= 15 is 0 Å². The standard InChI is InChI=1S/C15H22N2O2/c1-11-9-13(10-18)3-4-15(11)17-7-5-14(6-8-17)16-12(2)19/h3-4,9,14,18H,5-8,10H2,1-2H3,(H,16,19).